The van der Waals surface area contributed by atoms with Crippen molar-refractivity contribution < 1.29 is 14.2 Å². The first kappa shape index (κ1) is 26.3. The average Bonchev–Trinajstić information content (AvgIpc) is 2.70. The van der Waals surface area contributed by atoms with Crippen molar-refractivity contribution in [3.05, 3.63) is 57.6 Å². The SMILES string of the molecule is CCC(C)(C)c1cc(C)c(OCCOCCOc2cc(C)c(C(C)(C)C)cc2C)cc1C. The molecule has 2 aromatic rings. The van der Waals surface area contributed by atoms with Crippen LogP contribution in [-0.4, -0.2) is 26.4 Å². The molecule has 3 heteroatoms. The number of aryl methyl sites for hydroxylation is 4. The maximum atomic E-state index is 6.00. The molecule has 0 fully saturated rings. The highest BCUT2D eigenvalue weighted by atomic mass is 16.5. The van der Waals surface area contributed by atoms with Crippen LogP contribution in [0.25, 0.3) is 0 Å². The third-order valence-corrected chi connectivity index (χ3v) is 6.44. The van der Waals surface area contributed by atoms with Crippen molar-refractivity contribution in [2.75, 3.05) is 26.4 Å². The first-order valence-electron chi connectivity index (χ1n) is 11.9. The standard InChI is InChI=1S/C29H44O3/c1-11-29(9,10)25-17-23(5)27(19-21(25)3)32-15-13-30-12-14-31-26-18-20(2)24(16-22(26)4)28(6,7)8/h16-19H,11-15H2,1-10H3. The van der Waals surface area contributed by atoms with Gasteiger partial charge in [-0.3, -0.25) is 0 Å². The zero-order valence-electron chi connectivity index (χ0n) is 22.1. The Morgan fingerprint density at radius 1 is 0.594 bits per heavy atom. The van der Waals surface area contributed by atoms with E-state index in [0.717, 1.165) is 17.9 Å². The molecule has 0 radical (unpaired) electrons. The Balaban J connectivity index is 1.79. The minimum absolute atomic E-state index is 0.139. The quantitative estimate of drug-likeness (QED) is 0.361. The second-order valence-corrected chi connectivity index (χ2v) is 10.7. The number of ether oxygens (including phenoxy) is 3. The van der Waals surface area contributed by atoms with Crippen LogP contribution >= 0.6 is 0 Å². The van der Waals surface area contributed by atoms with Crippen LogP contribution < -0.4 is 9.47 Å². The number of benzene rings is 2. The molecule has 2 rings (SSSR count). The molecule has 0 saturated heterocycles. The van der Waals surface area contributed by atoms with Gasteiger partial charge < -0.3 is 14.2 Å². The molecule has 0 N–H and O–H groups in total. The maximum Gasteiger partial charge on any atom is 0.122 e. The fourth-order valence-corrected chi connectivity index (χ4v) is 4.14. The molecule has 0 aliphatic carbocycles. The van der Waals surface area contributed by atoms with Crippen molar-refractivity contribution in [2.45, 2.75) is 86.5 Å². The molecule has 0 aliphatic rings. The molecule has 178 valence electrons. The Hall–Kier alpha value is -2.00. The van der Waals surface area contributed by atoms with Gasteiger partial charge in [-0.25, -0.2) is 0 Å². The summed E-state index contributed by atoms with van der Waals surface area (Å²) >= 11 is 0. The van der Waals surface area contributed by atoms with E-state index < -0.39 is 0 Å². The highest BCUT2D eigenvalue weighted by Gasteiger charge is 2.21. The highest BCUT2D eigenvalue weighted by Crippen LogP contribution is 2.34. The van der Waals surface area contributed by atoms with E-state index in [0.29, 0.717) is 26.4 Å². The number of rotatable bonds is 10. The fourth-order valence-electron chi connectivity index (χ4n) is 4.14. The van der Waals surface area contributed by atoms with E-state index in [2.05, 4.69) is 93.5 Å². The van der Waals surface area contributed by atoms with Gasteiger partial charge in [0.25, 0.3) is 0 Å². The summed E-state index contributed by atoms with van der Waals surface area (Å²) in [6, 6.07) is 8.83. The van der Waals surface area contributed by atoms with E-state index in [1.165, 1.54) is 33.4 Å². The minimum atomic E-state index is 0.139. The normalized spacial score (nSPS) is 12.2. The van der Waals surface area contributed by atoms with E-state index in [1.807, 2.05) is 0 Å². The van der Waals surface area contributed by atoms with Crippen molar-refractivity contribution in [1.82, 2.24) is 0 Å². The lowest BCUT2D eigenvalue weighted by Crippen LogP contribution is -2.18. The van der Waals surface area contributed by atoms with Crippen molar-refractivity contribution in [3.63, 3.8) is 0 Å². The van der Waals surface area contributed by atoms with E-state index in [9.17, 15) is 0 Å². The molecule has 0 unspecified atom stereocenters. The monoisotopic (exact) mass is 440 g/mol. The zero-order chi connectivity index (χ0) is 24.1. The molecular weight excluding hydrogens is 396 g/mol. The summed E-state index contributed by atoms with van der Waals surface area (Å²) in [5.41, 5.74) is 8.00. The Kier molecular flexibility index (Phi) is 8.82. The van der Waals surface area contributed by atoms with E-state index >= 15 is 0 Å². The van der Waals surface area contributed by atoms with Crippen LogP contribution in [0.4, 0.5) is 0 Å². The molecule has 0 bridgehead atoms. The van der Waals surface area contributed by atoms with Gasteiger partial charge in [-0.2, -0.15) is 0 Å². The summed E-state index contributed by atoms with van der Waals surface area (Å²) in [5.74, 6) is 1.89. The highest BCUT2D eigenvalue weighted by molar-refractivity contribution is 5.45. The average molecular weight is 441 g/mol. The lowest BCUT2D eigenvalue weighted by Gasteiger charge is -2.26. The van der Waals surface area contributed by atoms with Gasteiger partial charge in [-0.05, 0) is 90.5 Å². The summed E-state index contributed by atoms with van der Waals surface area (Å²) in [6.45, 7) is 24.3. The zero-order valence-corrected chi connectivity index (χ0v) is 22.1. The van der Waals surface area contributed by atoms with Crippen LogP contribution in [0.2, 0.25) is 0 Å². The Labute approximate surface area is 196 Å². The van der Waals surface area contributed by atoms with Crippen LogP contribution in [0, 0.1) is 27.7 Å². The van der Waals surface area contributed by atoms with Gasteiger partial charge in [-0.15, -0.1) is 0 Å². The summed E-state index contributed by atoms with van der Waals surface area (Å²) in [7, 11) is 0. The third-order valence-electron chi connectivity index (χ3n) is 6.44. The molecule has 2 aromatic carbocycles. The van der Waals surface area contributed by atoms with Crippen molar-refractivity contribution in [2.24, 2.45) is 0 Å². The lowest BCUT2D eigenvalue weighted by molar-refractivity contribution is 0.0760. The lowest BCUT2D eigenvalue weighted by atomic mass is 9.79. The van der Waals surface area contributed by atoms with Gasteiger partial charge in [0, 0.05) is 0 Å². The molecule has 0 amide bonds. The molecule has 0 spiro atoms. The molecule has 0 atom stereocenters. The molecule has 0 aromatic heterocycles. The Morgan fingerprint density at radius 3 is 1.47 bits per heavy atom. The van der Waals surface area contributed by atoms with Gasteiger partial charge in [0.1, 0.15) is 24.7 Å². The van der Waals surface area contributed by atoms with Crippen molar-refractivity contribution >= 4 is 0 Å². The Bertz CT molecular complexity index is 904. The Morgan fingerprint density at radius 2 is 1.03 bits per heavy atom. The van der Waals surface area contributed by atoms with Crippen LogP contribution in [0.5, 0.6) is 11.5 Å². The summed E-state index contributed by atoms with van der Waals surface area (Å²) < 4.78 is 17.7. The maximum absolute atomic E-state index is 6.00. The molecular formula is C29H44O3. The predicted octanol–water partition coefficient (Wildman–Crippen LogP) is 7.38. The van der Waals surface area contributed by atoms with Crippen molar-refractivity contribution in [3.8, 4) is 11.5 Å². The molecule has 0 aliphatic heterocycles. The van der Waals surface area contributed by atoms with Gasteiger partial charge in [0.2, 0.25) is 0 Å². The van der Waals surface area contributed by atoms with Gasteiger partial charge >= 0.3 is 0 Å². The number of hydrogen-bond acceptors (Lipinski definition) is 3. The first-order chi connectivity index (χ1) is 14.9. The van der Waals surface area contributed by atoms with Crippen LogP contribution in [0.3, 0.4) is 0 Å². The van der Waals surface area contributed by atoms with Crippen LogP contribution in [0.1, 0.15) is 81.3 Å². The molecule has 3 nitrogen and oxygen atoms in total. The largest absolute Gasteiger partial charge is 0.491 e. The summed E-state index contributed by atoms with van der Waals surface area (Å²) in [4.78, 5) is 0. The van der Waals surface area contributed by atoms with Gasteiger partial charge in [0.05, 0.1) is 13.2 Å². The second-order valence-electron chi connectivity index (χ2n) is 10.7. The van der Waals surface area contributed by atoms with Crippen LogP contribution in [-0.2, 0) is 15.6 Å². The minimum Gasteiger partial charge on any atom is -0.491 e. The van der Waals surface area contributed by atoms with Gasteiger partial charge in [-0.1, -0.05) is 53.7 Å². The van der Waals surface area contributed by atoms with Crippen molar-refractivity contribution in [1.29, 1.82) is 0 Å². The molecule has 0 saturated carbocycles. The number of hydrogen-bond donors (Lipinski definition) is 0. The smallest absolute Gasteiger partial charge is 0.122 e. The summed E-state index contributed by atoms with van der Waals surface area (Å²) in [5, 5.41) is 0. The van der Waals surface area contributed by atoms with E-state index in [4.69, 9.17) is 14.2 Å². The third kappa shape index (κ3) is 6.75. The molecule has 32 heavy (non-hydrogen) atoms. The molecule has 0 heterocycles. The van der Waals surface area contributed by atoms with Gasteiger partial charge in [0.15, 0.2) is 0 Å². The fraction of sp³-hybridized carbons (Fsp3) is 0.586. The summed E-state index contributed by atoms with van der Waals surface area (Å²) in [6.07, 6.45) is 1.11. The topological polar surface area (TPSA) is 27.7 Å². The van der Waals surface area contributed by atoms with E-state index in [-0.39, 0.29) is 10.8 Å². The second kappa shape index (κ2) is 10.7. The van der Waals surface area contributed by atoms with E-state index in [1.54, 1.807) is 0 Å². The first-order valence-corrected chi connectivity index (χ1v) is 11.9. The van der Waals surface area contributed by atoms with Crippen LogP contribution in [0.15, 0.2) is 24.3 Å². The predicted molar refractivity (Wildman–Crippen MR) is 136 cm³/mol.